The normalized spacial score (nSPS) is 11.2. The Kier molecular flexibility index (Phi) is 10.5. The molecular formula is C28H28F4N4O8. The second-order valence-electron chi connectivity index (χ2n) is 10.1. The number of carbonyl (C=O) groups is 2. The second kappa shape index (κ2) is 13.9. The molecule has 0 aliphatic rings. The highest BCUT2D eigenvalue weighted by molar-refractivity contribution is 5.95. The molecule has 0 aliphatic heterocycles. The summed E-state index contributed by atoms with van der Waals surface area (Å²) in [6.45, 7) is 0.604. The summed E-state index contributed by atoms with van der Waals surface area (Å²) in [5.41, 5.74) is -2.76. The summed E-state index contributed by atoms with van der Waals surface area (Å²) in [7, 11) is 1.31. The number of amides is 1. The van der Waals surface area contributed by atoms with Gasteiger partial charge in [-0.15, -0.1) is 0 Å². The number of hydrogen-bond donors (Lipinski definition) is 2. The highest BCUT2D eigenvalue weighted by Gasteiger charge is 2.27. The third-order valence-corrected chi connectivity index (χ3v) is 5.86. The Morgan fingerprint density at radius 3 is 2.39 bits per heavy atom. The van der Waals surface area contributed by atoms with Crippen LogP contribution in [0.15, 0.2) is 42.5 Å². The Labute approximate surface area is 248 Å². The van der Waals surface area contributed by atoms with Crippen molar-refractivity contribution in [2.45, 2.75) is 45.9 Å². The van der Waals surface area contributed by atoms with Gasteiger partial charge in [0.25, 0.3) is 5.69 Å². The maximum absolute atomic E-state index is 14.1. The molecule has 0 saturated heterocycles. The quantitative estimate of drug-likeness (QED) is 0.133. The van der Waals surface area contributed by atoms with Crippen LogP contribution in [0.25, 0.3) is 0 Å². The summed E-state index contributed by atoms with van der Waals surface area (Å²) in [5.74, 6) is -4.81. The topological polar surface area (TPSA) is 153 Å². The predicted octanol–water partition coefficient (Wildman–Crippen LogP) is 6.30. The number of nitrogens with one attached hydrogen (secondary N) is 1. The van der Waals surface area contributed by atoms with Crippen molar-refractivity contribution in [1.29, 1.82) is 0 Å². The number of methoxy groups -OCH3 is 1. The molecule has 0 radical (unpaired) electrons. The zero-order chi connectivity index (χ0) is 32.8. The van der Waals surface area contributed by atoms with E-state index >= 15 is 0 Å². The molecule has 3 aromatic rings. The molecule has 0 fully saturated rings. The number of carboxylic acid groups (broad SMARTS) is 1. The third-order valence-electron chi connectivity index (χ3n) is 5.86. The van der Waals surface area contributed by atoms with Gasteiger partial charge in [0, 0.05) is 42.4 Å². The SMILES string of the molecule is COc1ccc([N+](=O)[O-])c(CCN(Cc2c(Nc3cc(F)c(F)cc3C(=O)O)cccc2OC(F)F)C(=O)OC(C)(C)C)n1. The number of anilines is 2. The fraction of sp³-hybridized carbons (Fsp3) is 0.321. The summed E-state index contributed by atoms with van der Waals surface area (Å²) in [5, 5.41) is 23.7. The van der Waals surface area contributed by atoms with Crippen molar-refractivity contribution in [2.75, 3.05) is 19.0 Å². The minimum atomic E-state index is -3.32. The minimum absolute atomic E-state index is 0.0498. The Morgan fingerprint density at radius 1 is 1.11 bits per heavy atom. The van der Waals surface area contributed by atoms with E-state index in [-0.39, 0.29) is 41.5 Å². The van der Waals surface area contributed by atoms with Gasteiger partial charge in [0.2, 0.25) is 5.88 Å². The van der Waals surface area contributed by atoms with Gasteiger partial charge in [0.15, 0.2) is 11.6 Å². The number of hydrogen-bond acceptors (Lipinski definition) is 9. The van der Waals surface area contributed by atoms with Gasteiger partial charge >= 0.3 is 18.7 Å². The lowest BCUT2D eigenvalue weighted by Gasteiger charge is -2.29. The van der Waals surface area contributed by atoms with Gasteiger partial charge in [-0.05, 0) is 39.0 Å². The molecule has 1 aromatic heterocycles. The number of carbonyl (C=O) groups excluding carboxylic acids is 1. The van der Waals surface area contributed by atoms with Crippen molar-refractivity contribution in [2.24, 2.45) is 0 Å². The van der Waals surface area contributed by atoms with Gasteiger partial charge in [0.1, 0.15) is 17.0 Å². The molecule has 0 aliphatic carbocycles. The lowest BCUT2D eigenvalue weighted by atomic mass is 10.1. The molecule has 16 heteroatoms. The number of aromatic nitrogens is 1. The molecular weight excluding hydrogens is 596 g/mol. The number of benzene rings is 2. The van der Waals surface area contributed by atoms with Crippen LogP contribution in [0, 0.1) is 21.7 Å². The van der Waals surface area contributed by atoms with E-state index in [0.717, 1.165) is 11.0 Å². The highest BCUT2D eigenvalue weighted by Crippen LogP contribution is 2.34. The lowest BCUT2D eigenvalue weighted by Crippen LogP contribution is -2.38. The number of carboxylic acids is 1. The average molecular weight is 625 g/mol. The van der Waals surface area contributed by atoms with E-state index in [9.17, 15) is 42.4 Å². The Bertz CT molecular complexity index is 1550. The molecule has 2 aromatic carbocycles. The smallest absolute Gasteiger partial charge is 0.410 e. The van der Waals surface area contributed by atoms with Crippen molar-refractivity contribution in [3.63, 3.8) is 0 Å². The van der Waals surface area contributed by atoms with E-state index < -0.39 is 64.4 Å². The number of rotatable bonds is 12. The van der Waals surface area contributed by atoms with Crippen LogP contribution in [0.3, 0.4) is 0 Å². The molecule has 3 rings (SSSR count). The molecule has 0 unspecified atom stereocenters. The van der Waals surface area contributed by atoms with E-state index in [2.05, 4.69) is 15.0 Å². The molecule has 0 bridgehead atoms. The van der Waals surface area contributed by atoms with Gasteiger partial charge in [-0.2, -0.15) is 8.78 Å². The van der Waals surface area contributed by atoms with Gasteiger partial charge in [-0.1, -0.05) is 6.07 Å². The molecule has 0 saturated carbocycles. The first-order valence-corrected chi connectivity index (χ1v) is 12.8. The van der Waals surface area contributed by atoms with Crippen molar-refractivity contribution < 1.29 is 51.4 Å². The van der Waals surface area contributed by atoms with Crippen LogP contribution in [-0.2, 0) is 17.7 Å². The number of halogens is 4. The number of aromatic carboxylic acids is 1. The van der Waals surface area contributed by atoms with Crippen LogP contribution >= 0.6 is 0 Å². The fourth-order valence-corrected chi connectivity index (χ4v) is 3.96. The first-order chi connectivity index (χ1) is 20.6. The minimum Gasteiger partial charge on any atom is -0.481 e. The number of nitro groups is 1. The summed E-state index contributed by atoms with van der Waals surface area (Å²) in [6, 6.07) is 7.20. The molecule has 0 spiro atoms. The monoisotopic (exact) mass is 624 g/mol. The first kappa shape index (κ1) is 33.4. The van der Waals surface area contributed by atoms with Crippen LogP contribution in [-0.4, -0.2) is 57.8 Å². The van der Waals surface area contributed by atoms with Crippen molar-refractivity contribution in [3.8, 4) is 11.6 Å². The van der Waals surface area contributed by atoms with Crippen LogP contribution in [0.2, 0.25) is 0 Å². The van der Waals surface area contributed by atoms with Crippen molar-refractivity contribution in [3.05, 3.63) is 81.0 Å². The number of ether oxygens (including phenoxy) is 3. The summed E-state index contributed by atoms with van der Waals surface area (Å²) in [4.78, 5) is 41.1. The van der Waals surface area contributed by atoms with Gasteiger partial charge in [-0.25, -0.2) is 23.4 Å². The third kappa shape index (κ3) is 8.68. The van der Waals surface area contributed by atoms with Gasteiger partial charge < -0.3 is 29.5 Å². The van der Waals surface area contributed by atoms with Crippen LogP contribution in [0.4, 0.5) is 39.4 Å². The number of alkyl halides is 2. The molecule has 1 heterocycles. The second-order valence-corrected chi connectivity index (χ2v) is 10.1. The Balaban J connectivity index is 2.10. The fourth-order valence-electron chi connectivity index (χ4n) is 3.96. The number of pyridine rings is 1. The highest BCUT2D eigenvalue weighted by atomic mass is 19.3. The van der Waals surface area contributed by atoms with E-state index in [1.807, 2.05) is 0 Å². The molecule has 2 N–H and O–H groups in total. The largest absolute Gasteiger partial charge is 0.481 e. The summed E-state index contributed by atoms with van der Waals surface area (Å²) >= 11 is 0. The molecule has 44 heavy (non-hydrogen) atoms. The van der Waals surface area contributed by atoms with E-state index in [4.69, 9.17) is 9.47 Å². The summed E-state index contributed by atoms with van der Waals surface area (Å²) < 4.78 is 69.9. The Morgan fingerprint density at radius 2 is 1.80 bits per heavy atom. The molecule has 236 valence electrons. The van der Waals surface area contributed by atoms with E-state index in [0.29, 0.717) is 12.1 Å². The maximum Gasteiger partial charge on any atom is 0.410 e. The lowest BCUT2D eigenvalue weighted by molar-refractivity contribution is -0.386. The van der Waals surface area contributed by atoms with Crippen LogP contribution in [0.1, 0.15) is 42.4 Å². The summed E-state index contributed by atoms with van der Waals surface area (Å²) in [6.07, 6.45) is -1.15. The van der Waals surface area contributed by atoms with Crippen LogP contribution in [0.5, 0.6) is 11.6 Å². The van der Waals surface area contributed by atoms with E-state index in [1.165, 1.54) is 31.4 Å². The predicted molar refractivity (Wildman–Crippen MR) is 147 cm³/mol. The van der Waals surface area contributed by atoms with E-state index in [1.54, 1.807) is 20.8 Å². The number of nitrogens with zero attached hydrogens (tertiary/aromatic N) is 3. The standard InChI is InChI=1S/C28H28F4N4O8/c1-28(2,3)44-27(39)35(11-10-20-22(36(40)41)8-9-24(34-20)42-4)14-16-19(6-5-7-23(16)43-26(31)32)33-21-13-18(30)17(29)12-15(21)25(37)38/h5-9,12-13,26,33H,10-11,14H2,1-4H3,(H,37,38). The van der Waals surface area contributed by atoms with Gasteiger partial charge in [0.05, 0.1) is 29.8 Å². The van der Waals surface area contributed by atoms with Gasteiger partial charge in [-0.3, -0.25) is 10.1 Å². The zero-order valence-electron chi connectivity index (χ0n) is 23.9. The molecule has 12 nitrogen and oxygen atoms in total. The van der Waals surface area contributed by atoms with Crippen LogP contribution < -0.4 is 14.8 Å². The molecule has 1 amide bonds. The first-order valence-electron chi connectivity index (χ1n) is 12.8. The van der Waals surface area contributed by atoms with Crippen molar-refractivity contribution >= 4 is 29.1 Å². The average Bonchev–Trinajstić information content (AvgIpc) is 2.92. The maximum atomic E-state index is 14.1. The molecule has 0 atom stereocenters. The zero-order valence-corrected chi connectivity index (χ0v) is 23.9. The Hall–Kier alpha value is -5.15. The van der Waals surface area contributed by atoms with Crippen molar-refractivity contribution in [1.82, 2.24) is 9.88 Å².